The van der Waals surface area contributed by atoms with E-state index in [4.69, 9.17) is 4.74 Å². The normalized spacial score (nSPS) is 20.2. The number of thiophene rings is 1. The fourth-order valence-electron chi connectivity index (χ4n) is 10.6. The van der Waals surface area contributed by atoms with Crippen LogP contribution in [0.4, 0.5) is 8.78 Å². The molecule has 5 heterocycles. The van der Waals surface area contributed by atoms with Gasteiger partial charge in [0.2, 0.25) is 29.5 Å². The van der Waals surface area contributed by atoms with Crippen LogP contribution in [0.1, 0.15) is 151 Å². The van der Waals surface area contributed by atoms with Crippen molar-refractivity contribution in [1.82, 2.24) is 30.7 Å². The number of likely N-dealkylation sites (tertiary alicyclic amines) is 2. The quantitative estimate of drug-likeness (QED) is 0.0277. The van der Waals surface area contributed by atoms with E-state index < -0.39 is 83.9 Å². The van der Waals surface area contributed by atoms with E-state index in [-0.39, 0.29) is 71.5 Å². The fourth-order valence-corrected chi connectivity index (χ4v) is 12.0. The van der Waals surface area contributed by atoms with Crippen molar-refractivity contribution in [2.75, 3.05) is 32.8 Å². The molecular formula is C57H65F2N6O12PS. The van der Waals surface area contributed by atoms with Crippen LogP contribution in [-0.4, -0.2) is 129 Å². The first-order valence-corrected chi connectivity index (χ1v) is 29.1. The second-order valence-electron chi connectivity index (χ2n) is 21.6. The van der Waals surface area contributed by atoms with Crippen molar-refractivity contribution in [1.29, 1.82) is 0 Å². The van der Waals surface area contributed by atoms with Crippen LogP contribution in [0, 0.1) is 17.3 Å². The van der Waals surface area contributed by atoms with Crippen LogP contribution in [0.3, 0.4) is 0 Å². The molecule has 5 N–H and O–H groups in total. The van der Waals surface area contributed by atoms with Gasteiger partial charge in [-0.25, -0.2) is 0 Å². The SMILES string of the molecule is CC(C)(C)[C@H](NC(=O)c1cc2cc(C(F)(F)P(=O)(O)O)ccc2s1)C(=O)N1C[C@@H](OCC(=O)NCCCCCCCCC#Cc2cccc3c2C(=O)N(C2CCC(=O)NC2=O)C3=O)C[C@H]1C(=O)N1CCCC(c2ccccc2)C1. The van der Waals surface area contributed by atoms with Gasteiger partial charge in [0.1, 0.15) is 24.7 Å². The summed E-state index contributed by atoms with van der Waals surface area (Å²) in [5, 5.41) is 8.07. The zero-order valence-electron chi connectivity index (χ0n) is 44.3. The number of benzene rings is 3. The molecular weight excluding hydrogens is 1060 g/mol. The second-order valence-corrected chi connectivity index (χ2v) is 24.4. The summed E-state index contributed by atoms with van der Waals surface area (Å²) in [5.74, 6) is 2.07. The first-order valence-electron chi connectivity index (χ1n) is 26.7. The minimum Gasteiger partial charge on any atom is -0.366 e. The largest absolute Gasteiger partial charge is 0.399 e. The standard InChI is InChI=1S/C57H65F2N6O12PS/c1-56(2,3)49(62-51(69)45-30-38-29-39(23-25-44(38)79-45)57(58,59)78(74,75)76)55(73)64-33-40(31-43(64)53(71)63-28-16-21-37(32-63)35-17-12-10-13-18-35)77-34-47(67)60-27-14-9-7-5-4-6-8-11-19-36-20-15-22-41-48(36)54(72)65(52(41)70)42-24-26-46(66)61-50(42)68/h10,12-13,15,17-18,20,22-23,25,29-30,37,40,42-43,49H,4-9,14,16,21,24,26-28,31-34H2,1-3H3,(H,60,67)(H,62,69)(H,61,66,68)(H2,74,75,76)/t37?,40-,42?,43-,49+/m0/s1. The van der Waals surface area contributed by atoms with Gasteiger partial charge in [0, 0.05) is 67.2 Å². The molecule has 4 aliphatic rings. The molecule has 3 fully saturated rings. The molecule has 8 rings (SSSR count). The van der Waals surface area contributed by atoms with Crippen molar-refractivity contribution in [3.8, 4) is 11.8 Å². The monoisotopic (exact) mass is 1130 g/mol. The summed E-state index contributed by atoms with van der Waals surface area (Å²) in [6, 6.07) is 15.9. The van der Waals surface area contributed by atoms with Crippen molar-refractivity contribution in [2.45, 2.75) is 134 Å². The number of piperidine rings is 2. The van der Waals surface area contributed by atoms with E-state index in [2.05, 4.69) is 27.8 Å². The number of imide groups is 2. The summed E-state index contributed by atoms with van der Waals surface area (Å²) in [5.41, 5.74) is -4.41. The average molecular weight is 1130 g/mol. The van der Waals surface area contributed by atoms with Crippen LogP contribution in [0.2, 0.25) is 0 Å². The van der Waals surface area contributed by atoms with E-state index in [0.29, 0.717) is 36.3 Å². The zero-order chi connectivity index (χ0) is 56.8. The van der Waals surface area contributed by atoms with Gasteiger partial charge in [-0.05, 0) is 78.8 Å². The highest BCUT2D eigenvalue weighted by Gasteiger charge is 2.51. The predicted octanol–water partition coefficient (Wildman–Crippen LogP) is 6.96. The van der Waals surface area contributed by atoms with E-state index in [1.54, 1.807) is 37.8 Å². The van der Waals surface area contributed by atoms with E-state index in [9.17, 15) is 61.5 Å². The summed E-state index contributed by atoms with van der Waals surface area (Å²) in [6.07, 6.45) is 6.89. The number of nitrogens with one attached hydrogen (secondary N) is 3. The Labute approximate surface area is 460 Å². The molecule has 4 aromatic rings. The number of amides is 8. The number of halogens is 2. The first kappa shape index (κ1) is 58.5. The molecule has 420 valence electrons. The number of unbranched alkanes of at least 4 members (excludes halogenated alkanes) is 6. The van der Waals surface area contributed by atoms with Gasteiger partial charge in [-0.3, -0.25) is 53.1 Å². The molecule has 1 aromatic heterocycles. The van der Waals surface area contributed by atoms with Crippen molar-refractivity contribution in [3.63, 3.8) is 0 Å². The summed E-state index contributed by atoms with van der Waals surface area (Å²) < 4.78 is 47.3. The van der Waals surface area contributed by atoms with E-state index in [1.165, 1.54) is 23.1 Å². The predicted molar refractivity (Wildman–Crippen MR) is 289 cm³/mol. The lowest BCUT2D eigenvalue weighted by Gasteiger charge is -2.38. The lowest BCUT2D eigenvalue weighted by atomic mass is 9.85. The Bertz CT molecular complexity index is 3130. The van der Waals surface area contributed by atoms with E-state index in [0.717, 1.165) is 85.3 Å². The van der Waals surface area contributed by atoms with Crippen LogP contribution in [0.25, 0.3) is 10.1 Å². The molecule has 22 heteroatoms. The lowest BCUT2D eigenvalue weighted by Crippen LogP contribution is -2.58. The topological polar surface area (TPSA) is 249 Å². The molecule has 0 bridgehead atoms. The number of carbonyl (C=O) groups excluding carboxylic acids is 8. The summed E-state index contributed by atoms with van der Waals surface area (Å²) in [4.78, 5) is 130. The Morgan fingerprint density at radius 3 is 2.35 bits per heavy atom. The molecule has 0 saturated carbocycles. The maximum atomic E-state index is 14.8. The van der Waals surface area contributed by atoms with Crippen LogP contribution in [-0.2, 0) is 38.9 Å². The number of nitrogens with zero attached hydrogens (tertiary/aromatic N) is 3. The third-order valence-electron chi connectivity index (χ3n) is 14.9. The van der Waals surface area contributed by atoms with Gasteiger partial charge < -0.3 is 35.0 Å². The summed E-state index contributed by atoms with van der Waals surface area (Å²) in [6.45, 7) is 6.27. The highest BCUT2D eigenvalue weighted by Crippen LogP contribution is 2.59. The fraction of sp³-hybridized carbons (Fsp3) is 0.474. The number of fused-ring (bicyclic) bond motifs is 2. The molecule has 79 heavy (non-hydrogen) atoms. The minimum absolute atomic E-state index is 0.0319. The molecule has 3 saturated heterocycles. The molecule has 0 radical (unpaired) electrons. The van der Waals surface area contributed by atoms with Crippen LogP contribution in [0.15, 0.2) is 72.8 Å². The Balaban J connectivity index is 0.820. The average Bonchev–Trinajstić information content (AvgIpc) is 4.34. The molecule has 8 amide bonds. The van der Waals surface area contributed by atoms with Gasteiger partial charge in [0.05, 0.1) is 22.1 Å². The summed E-state index contributed by atoms with van der Waals surface area (Å²) in [7, 11) is -5.85. The molecule has 5 atom stereocenters. The second kappa shape index (κ2) is 24.8. The third-order valence-corrected chi connectivity index (χ3v) is 17.0. The maximum absolute atomic E-state index is 14.8. The van der Waals surface area contributed by atoms with E-state index in [1.807, 2.05) is 30.3 Å². The Hall–Kier alpha value is -6.69. The Morgan fingerprint density at radius 1 is 0.899 bits per heavy atom. The van der Waals surface area contributed by atoms with Crippen LogP contribution in [0.5, 0.6) is 0 Å². The molecule has 18 nitrogen and oxygen atoms in total. The van der Waals surface area contributed by atoms with Crippen molar-refractivity contribution < 1.29 is 66.2 Å². The number of alkyl halides is 2. The van der Waals surface area contributed by atoms with Crippen molar-refractivity contribution in [2.24, 2.45) is 5.41 Å². The highest BCUT2D eigenvalue weighted by molar-refractivity contribution is 7.52. The minimum atomic E-state index is -5.85. The van der Waals surface area contributed by atoms with Crippen LogP contribution >= 0.6 is 18.9 Å². The van der Waals surface area contributed by atoms with Gasteiger partial charge in [0.15, 0.2) is 0 Å². The maximum Gasteiger partial charge on any atom is 0.399 e. The van der Waals surface area contributed by atoms with Crippen molar-refractivity contribution >= 4 is 76.3 Å². The zero-order valence-corrected chi connectivity index (χ0v) is 46.0. The van der Waals surface area contributed by atoms with Gasteiger partial charge in [-0.2, -0.15) is 8.78 Å². The van der Waals surface area contributed by atoms with Gasteiger partial charge >= 0.3 is 13.3 Å². The summed E-state index contributed by atoms with van der Waals surface area (Å²) >= 11 is 0.953. The molecule has 4 aliphatic heterocycles. The number of carbonyl (C=O) groups is 8. The van der Waals surface area contributed by atoms with Gasteiger partial charge in [-0.1, -0.05) is 101 Å². The number of hydrogen-bond donors (Lipinski definition) is 5. The van der Waals surface area contributed by atoms with Crippen LogP contribution < -0.4 is 16.0 Å². The Kier molecular flexibility index (Phi) is 18.3. The smallest absolute Gasteiger partial charge is 0.366 e. The molecule has 2 unspecified atom stereocenters. The van der Waals surface area contributed by atoms with Gasteiger partial charge in [-0.15, -0.1) is 11.3 Å². The van der Waals surface area contributed by atoms with Gasteiger partial charge in [0.25, 0.3) is 17.7 Å². The first-order chi connectivity index (χ1) is 37.5. The molecule has 0 spiro atoms. The van der Waals surface area contributed by atoms with Crippen molar-refractivity contribution in [3.05, 3.63) is 105 Å². The molecule has 3 aromatic carbocycles. The van der Waals surface area contributed by atoms with E-state index >= 15 is 0 Å². The number of hydrogen-bond acceptors (Lipinski definition) is 11. The number of rotatable bonds is 19. The lowest BCUT2D eigenvalue weighted by molar-refractivity contribution is -0.147. The number of ether oxygens (including phenoxy) is 1. The third kappa shape index (κ3) is 13.5. The highest BCUT2D eigenvalue weighted by atomic mass is 32.1. The Morgan fingerprint density at radius 2 is 1.63 bits per heavy atom. The molecule has 0 aliphatic carbocycles.